The van der Waals surface area contributed by atoms with E-state index < -0.39 is 0 Å². The Morgan fingerprint density at radius 1 is 1.14 bits per heavy atom. The van der Waals surface area contributed by atoms with Gasteiger partial charge in [0.05, 0.1) is 0 Å². The minimum Gasteiger partial charge on any atom is -0.311 e. The maximum absolute atomic E-state index is 3.69. The number of nitrogens with zero attached hydrogens (tertiary/aromatic N) is 1. The van der Waals surface area contributed by atoms with Crippen LogP contribution in [0.4, 0.5) is 0 Å². The second-order valence-corrected chi connectivity index (χ2v) is 5.24. The summed E-state index contributed by atoms with van der Waals surface area (Å²) in [6, 6.07) is 0. The van der Waals surface area contributed by atoms with E-state index in [4.69, 9.17) is 0 Å². The van der Waals surface area contributed by atoms with Crippen LogP contribution in [0.15, 0.2) is 0 Å². The summed E-state index contributed by atoms with van der Waals surface area (Å²) in [6.07, 6.45) is 8.37. The minimum absolute atomic E-state index is 0.505. The summed E-state index contributed by atoms with van der Waals surface area (Å²) in [5.74, 6) is 0. The van der Waals surface area contributed by atoms with Gasteiger partial charge in [0.2, 0.25) is 0 Å². The zero-order valence-electron chi connectivity index (χ0n) is 9.52. The predicted molar refractivity (Wildman–Crippen MR) is 60.5 cm³/mol. The highest BCUT2D eigenvalue weighted by Crippen LogP contribution is 2.30. The normalized spacial score (nSPS) is 26.4. The van der Waals surface area contributed by atoms with Crippen LogP contribution < -0.4 is 5.32 Å². The molecule has 0 spiro atoms. The number of likely N-dealkylation sites (tertiary alicyclic amines) is 1. The summed E-state index contributed by atoms with van der Waals surface area (Å²) in [5.41, 5.74) is 0.505. The topological polar surface area (TPSA) is 15.3 Å². The molecule has 0 radical (unpaired) electrons. The molecule has 0 bridgehead atoms. The Labute approximate surface area is 88.1 Å². The fraction of sp³-hybridized carbons (Fsp3) is 1.00. The van der Waals surface area contributed by atoms with Gasteiger partial charge in [-0.2, -0.15) is 0 Å². The molecular weight excluding hydrogens is 172 g/mol. The van der Waals surface area contributed by atoms with Crippen molar-refractivity contribution in [3.63, 3.8) is 0 Å². The third kappa shape index (κ3) is 2.71. The van der Waals surface area contributed by atoms with E-state index in [9.17, 15) is 0 Å². The van der Waals surface area contributed by atoms with E-state index in [0.717, 1.165) is 0 Å². The molecule has 0 atom stereocenters. The molecule has 1 heterocycles. The molecule has 82 valence electrons. The van der Waals surface area contributed by atoms with Crippen molar-refractivity contribution >= 4 is 0 Å². The quantitative estimate of drug-likeness (QED) is 0.677. The lowest BCUT2D eigenvalue weighted by Crippen LogP contribution is -2.48. The molecule has 2 rings (SSSR count). The molecule has 0 aromatic heterocycles. The van der Waals surface area contributed by atoms with E-state index in [1.54, 1.807) is 0 Å². The number of rotatable bonds is 5. The summed E-state index contributed by atoms with van der Waals surface area (Å²) in [7, 11) is 0. The van der Waals surface area contributed by atoms with Crippen LogP contribution in [0.5, 0.6) is 0 Å². The Kier molecular flexibility index (Phi) is 3.45. The lowest BCUT2D eigenvalue weighted by atomic mass is 9.78. The first-order valence-corrected chi connectivity index (χ1v) is 6.26. The summed E-state index contributed by atoms with van der Waals surface area (Å²) >= 11 is 0. The largest absolute Gasteiger partial charge is 0.311 e. The van der Waals surface area contributed by atoms with Crippen molar-refractivity contribution in [1.29, 1.82) is 0 Å². The van der Waals surface area contributed by atoms with Crippen molar-refractivity contribution < 1.29 is 0 Å². The van der Waals surface area contributed by atoms with Crippen molar-refractivity contribution in [2.75, 3.05) is 26.2 Å². The van der Waals surface area contributed by atoms with Gasteiger partial charge in [-0.3, -0.25) is 0 Å². The first-order chi connectivity index (χ1) is 6.79. The Bertz CT molecular complexity index is 169. The van der Waals surface area contributed by atoms with Crippen LogP contribution in [0.2, 0.25) is 0 Å². The predicted octanol–water partition coefficient (Wildman–Crippen LogP) is 2.00. The lowest BCUT2D eigenvalue weighted by molar-refractivity contribution is 0.204. The van der Waals surface area contributed by atoms with Crippen molar-refractivity contribution in [3.8, 4) is 0 Å². The van der Waals surface area contributed by atoms with E-state index in [2.05, 4.69) is 17.1 Å². The second-order valence-electron chi connectivity index (χ2n) is 5.24. The van der Waals surface area contributed by atoms with Gasteiger partial charge in [-0.05, 0) is 71.6 Å². The Hall–Kier alpha value is -0.0800. The van der Waals surface area contributed by atoms with E-state index in [0.29, 0.717) is 5.54 Å². The molecule has 1 saturated carbocycles. The van der Waals surface area contributed by atoms with Gasteiger partial charge in [0.25, 0.3) is 0 Å². The molecule has 1 aliphatic carbocycles. The third-order valence-corrected chi connectivity index (χ3v) is 3.86. The highest BCUT2D eigenvalue weighted by Gasteiger charge is 2.30. The molecule has 2 fully saturated rings. The van der Waals surface area contributed by atoms with Gasteiger partial charge in [-0.15, -0.1) is 0 Å². The molecule has 0 unspecified atom stereocenters. The first kappa shape index (κ1) is 10.4. The van der Waals surface area contributed by atoms with Crippen LogP contribution in [0.3, 0.4) is 0 Å². The smallest absolute Gasteiger partial charge is 0.0153 e. The fourth-order valence-electron chi connectivity index (χ4n) is 2.58. The molecule has 1 N–H and O–H groups in total. The molecule has 14 heavy (non-hydrogen) atoms. The van der Waals surface area contributed by atoms with Gasteiger partial charge in [-0.25, -0.2) is 0 Å². The highest BCUT2D eigenvalue weighted by atomic mass is 15.1. The zero-order valence-corrected chi connectivity index (χ0v) is 9.52. The van der Waals surface area contributed by atoms with Gasteiger partial charge in [0.1, 0.15) is 0 Å². The molecule has 2 heteroatoms. The number of hydrogen-bond donors (Lipinski definition) is 1. The Morgan fingerprint density at radius 2 is 1.86 bits per heavy atom. The van der Waals surface area contributed by atoms with Gasteiger partial charge >= 0.3 is 0 Å². The van der Waals surface area contributed by atoms with Crippen LogP contribution >= 0.6 is 0 Å². The first-order valence-electron chi connectivity index (χ1n) is 6.26. The average Bonchev–Trinajstić information content (AvgIpc) is 2.62. The zero-order chi connectivity index (χ0) is 9.86. The average molecular weight is 196 g/mol. The van der Waals surface area contributed by atoms with Crippen molar-refractivity contribution in [3.05, 3.63) is 0 Å². The summed E-state index contributed by atoms with van der Waals surface area (Å²) in [6.45, 7) is 7.58. The highest BCUT2D eigenvalue weighted by molar-refractivity contribution is 4.91. The van der Waals surface area contributed by atoms with Crippen LogP contribution in [0.25, 0.3) is 0 Å². The third-order valence-electron chi connectivity index (χ3n) is 3.86. The van der Waals surface area contributed by atoms with Crippen LogP contribution in [-0.2, 0) is 0 Å². The number of hydrogen-bond acceptors (Lipinski definition) is 2. The van der Waals surface area contributed by atoms with E-state index in [1.165, 1.54) is 64.7 Å². The maximum atomic E-state index is 3.69. The Balaban J connectivity index is 1.50. The van der Waals surface area contributed by atoms with Crippen molar-refractivity contribution in [2.45, 2.75) is 51.0 Å². The lowest BCUT2D eigenvalue weighted by Gasteiger charge is -2.39. The van der Waals surface area contributed by atoms with Gasteiger partial charge in [0.15, 0.2) is 0 Å². The van der Waals surface area contributed by atoms with E-state index in [-0.39, 0.29) is 0 Å². The monoisotopic (exact) mass is 196 g/mol. The van der Waals surface area contributed by atoms with Crippen molar-refractivity contribution in [2.24, 2.45) is 0 Å². The van der Waals surface area contributed by atoms with Crippen LogP contribution in [0, 0.1) is 0 Å². The van der Waals surface area contributed by atoms with Crippen molar-refractivity contribution in [1.82, 2.24) is 10.2 Å². The molecule has 0 aromatic carbocycles. The van der Waals surface area contributed by atoms with E-state index >= 15 is 0 Å². The minimum atomic E-state index is 0.505. The molecular formula is C12H24N2. The van der Waals surface area contributed by atoms with Gasteiger partial charge in [0, 0.05) is 5.54 Å². The molecule has 0 aromatic rings. The van der Waals surface area contributed by atoms with Gasteiger partial charge < -0.3 is 10.2 Å². The fourth-order valence-corrected chi connectivity index (χ4v) is 2.58. The molecule has 1 aliphatic heterocycles. The number of nitrogens with one attached hydrogen (secondary N) is 1. The summed E-state index contributed by atoms with van der Waals surface area (Å²) in [5, 5.41) is 3.69. The van der Waals surface area contributed by atoms with Crippen LogP contribution in [0.1, 0.15) is 45.4 Å². The summed E-state index contributed by atoms with van der Waals surface area (Å²) in [4.78, 5) is 2.60. The molecule has 0 amide bonds. The van der Waals surface area contributed by atoms with Gasteiger partial charge in [-0.1, -0.05) is 0 Å². The summed E-state index contributed by atoms with van der Waals surface area (Å²) < 4.78 is 0. The van der Waals surface area contributed by atoms with Crippen LogP contribution in [-0.4, -0.2) is 36.6 Å². The van der Waals surface area contributed by atoms with E-state index in [1.807, 2.05) is 0 Å². The molecule has 2 aliphatic rings. The maximum Gasteiger partial charge on any atom is 0.0153 e. The Morgan fingerprint density at radius 3 is 2.43 bits per heavy atom. The molecule has 2 nitrogen and oxygen atoms in total. The second kappa shape index (κ2) is 4.63. The molecule has 1 saturated heterocycles. The standard InChI is InChI=1S/C12H24N2/c1-12(6-4-7-12)13-8-5-11-14-9-2-3-10-14/h13H,2-11H2,1H3. The SMILES string of the molecule is CC1(NCCCN2CCCC2)CCC1.